The van der Waals surface area contributed by atoms with E-state index in [9.17, 15) is 0 Å². The Morgan fingerprint density at radius 2 is 2.10 bits per heavy atom. The van der Waals surface area contributed by atoms with E-state index in [1.165, 1.54) is 11.1 Å². The van der Waals surface area contributed by atoms with Gasteiger partial charge in [-0.1, -0.05) is 39.7 Å². The molecule has 0 aliphatic carbocycles. The van der Waals surface area contributed by atoms with Crippen LogP contribution in [0.3, 0.4) is 0 Å². The number of rotatable bonds is 3. The second kappa shape index (κ2) is 8.72. The molecular weight excluding hydrogens is 342 g/mol. The van der Waals surface area contributed by atoms with Crippen molar-refractivity contribution in [3.8, 4) is 11.1 Å². The van der Waals surface area contributed by atoms with Gasteiger partial charge >= 0.3 is 0 Å². The number of nitrogens with zero attached hydrogens (tertiary/aromatic N) is 1. The minimum atomic E-state index is -0.833. The van der Waals surface area contributed by atoms with Crippen LogP contribution in [0, 0.1) is 0 Å². The lowest BCUT2D eigenvalue weighted by molar-refractivity contribution is -0.134. The third kappa shape index (κ3) is 5.72. The smallest absolute Gasteiger partial charge is 0.300 e. The topological polar surface area (TPSA) is 50.2 Å². The Labute approximate surface area is 131 Å². The van der Waals surface area contributed by atoms with Gasteiger partial charge in [0.25, 0.3) is 5.97 Å². The van der Waals surface area contributed by atoms with E-state index in [1.807, 2.05) is 24.4 Å². The normalized spacial score (nSPS) is 9.55. The standard InChI is InChI=1S/C13H11BrClN.C2H4O2/c14-6-5-10-3-4-12(15)8-13(10)11-2-1-7-16-9-11;1-2(3)4/h1-4,7-9H,5-6H2;1H3,(H,3,4). The molecule has 0 amide bonds. The largest absolute Gasteiger partial charge is 0.481 e. The fraction of sp³-hybridized carbons (Fsp3) is 0.200. The van der Waals surface area contributed by atoms with E-state index in [0.29, 0.717) is 0 Å². The molecule has 2 rings (SSSR count). The van der Waals surface area contributed by atoms with Crippen LogP contribution < -0.4 is 0 Å². The van der Waals surface area contributed by atoms with E-state index < -0.39 is 5.97 Å². The van der Waals surface area contributed by atoms with Crippen molar-refractivity contribution in [1.29, 1.82) is 0 Å². The maximum atomic E-state index is 9.00. The first-order chi connectivity index (χ1) is 9.54. The molecule has 1 aromatic heterocycles. The highest BCUT2D eigenvalue weighted by Gasteiger charge is 2.05. The number of hydrogen-bond donors (Lipinski definition) is 1. The molecule has 1 N–H and O–H groups in total. The maximum Gasteiger partial charge on any atom is 0.300 e. The molecule has 0 spiro atoms. The molecule has 1 heterocycles. The van der Waals surface area contributed by atoms with Gasteiger partial charge < -0.3 is 5.11 Å². The van der Waals surface area contributed by atoms with Crippen molar-refractivity contribution in [2.75, 3.05) is 5.33 Å². The zero-order valence-corrected chi connectivity index (χ0v) is 13.4. The number of halogens is 2. The summed E-state index contributed by atoms with van der Waals surface area (Å²) in [6, 6.07) is 9.99. The average Bonchev–Trinajstić information content (AvgIpc) is 2.41. The van der Waals surface area contributed by atoms with Crippen LogP contribution in [0.25, 0.3) is 11.1 Å². The van der Waals surface area contributed by atoms with Crippen LogP contribution in [-0.2, 0) is 11.2 Å². The predicted octanol–water partition coefficient (Wildman–Crippen LogP) is 4.43. The number of carboxylic acids is 1. The Morgan fingerprint density at radius 3 is 2.65 bits per heavy atom. The number of aryl methyl sites for hydroxylation is 1. The zero-order valence-electron chi connectivity index (χ0n) is 11.0. The molecule has 0 atom stereocenters. The van der Waals surface area contributed by atoms with Crippen LogP contribution in [0.1, 0.15) is 12.5 Å². The Hall–Kier alpha value is -1.39. The fourth-order valence-corrected chi connectivity index (χ4v) is 2.26. The molecule has 0 aliphatic heterocycles. The van der Waals surface area contributed by atoms with Crippen LogP contribution in [0.2, 0.25) is 5.02 Å². The molecule has 0 unspecified atom stereocenters. The summed E-state index contributed by atoms with van der Waals surface area (Å²) in [4.78, 5) is 13.1. The van der Waals surface area contributed by atoms with Gasteiger partial charge in [-0.15, -0.1) is 0 Å². The van der Waals surface area contributed by atoms with Crippen LogP contribution >= 0.6 is 27.5 Å². The van der Waals surface area contributed by atoms with E-state index in [0.717, 1.165) is 29.3 Å². The first-order valence-electron chi connectivity index (χ1n) is 5.99. The highest BCUT2D eigenvalue weighted by atomic mass is 79.9. The van der Waals surface area contributed by atoms with E-state index in [4.69, 9.17) is 21.5 Å². The monoisotopic (exact) mass is 355 g/mol. The minimum absolute atomic E-state index is 0.761. The first-order valence-corrected chi connectivity index (χ1v) is 7.49. The van der Waals surface area contributed by atoms with Crippen molar-refractivity contribution in [2.45, 2.75) is 13.3 Å². The SMILES string of the molecule is CC(=O)O.Clc1ccc(CCBr)c(-c2cccnc2)c1. The Kier molecular flexibility index (Phi) is 7.26. The summed E-state index contributed by atoms with van der Waals surface area (Å²) in [5.74, 6) is -0.833. The zero-order chi connectivity index (χ0) is 15.0. The van der Waals surface area contributed by atoms with Crippen molar-refractivity contribution in [2.24, 2.45) is 0 Å². The van der Waals surface area contributed by atoms with Gasteiger partial charge in [-0.05, 0) is 35.7 Å². The van der Waals surface area contributed by atoms with E-state index in [1.54, 1.807) is 6.20 Å². The number of carboxylic acid groups (broad SMARTS) is 1. The number of hydrogen-bond acceptors (Lipinski definition) is 2. The van der Waals surface area contributed by atoms with Crippen molar-refractivity contribution in [3.05, 3.63) is 53.3 Å². The van der Waals surface area contributed by atoms with Gasteiger partial charge in [0.15, 0.2) is 0 Å². The van der Waals surface area contributed by atoms with Crippen LogP contribution in [-0.4, -0.2) is 21.4 Å². The van der Waals surface area contributed by atoms with Gasteiger partial charge in [0.1, 0.15) is 0 Å². The Morgan fingerprint density at radius 1 is 1.40 bits per heavy atom. The third-order valence-electron chi connectivity index (χ3n) is 2.41. The summed E-state index contributed by atoms with van der Waals surface area (Å²) >= 11 is 9.50. The van der Waals surface area contributed by atoms with Gasteiger partial charge in [0.05, 0.1) is 0 Å². The molecule has 0 saturated heterocycles. The van der Waals surface area contributed by atoms with Crippen molar-refractivity contribution >= 4 is 33.5 Å². The molecule has 5 heteroatoms. The Balaban J connectivity index is 0.000000444. The number of aromatic nitrogens is 1. The van der Waals surface area contributed by atoms with Crippen LogP contribution in [0.15, 0.2) is 42.7 Å². The molecule has 3 nitrogen and oxygen atoms in total. The van der Waals surface area contributed by atoms with Crippen molar-refractivity contribution < 1.29 is 9.90 Å². The van der Waals surface area contributed by atoms with Gasteiger partial charge in [-0.3, -0.25) is 9.78 Å². The predicted molar refractivity (Wildman–Crippen MR) is 85.5 cm³/mol. The quantitative estimate of drug-likeness (QED) is 0.828. The Bertz CT molecular complexity index is 557. The minimum Gasteiger partial charge on any atom is -0.481 e. The van der Waals surface area contributed by atoms with Gasteiger partial charge in [-0.25, -0.2) is 0 Å². The number of alkyl halides is 1. The molecule has 2 aromatic rings. The first kappa shape index (κ1) is 16.7. The molecule has 0 saturated carbocycles. The molecule has 0 fully saturated rings. The summed E-state index contributed by atoms with van der Waals surface area (Å²) in [5, 5.41) is 9.12. The highest BCUT2D eigenvalue weighted by molar-refractivity contribution is 9.09. The second-order valence-electron chi connectivity index (χ2n) is 4.00. The summed E-state index contributed by atoms with van der Waals surface area (Å²) in [6.07, 6.45) is 4.63. The van der Waals surface area contributed by atoms with Gasteiger partial charge in [0.2, 0.25) is 0 Å². The van der Waals surface area contributed by atoms with E-state index in [2.05, 4.69) is 33.0 Å². The fourth-order valence-electron chi connectivity index (χ4n) is 1.66. The maximum absolute atomic E-state index is 9.00. The van der Waals surface area contributed by atoms with Crippen LogP contribution in [0.5, 0.6) is 0 Å². The summed E-state index contributed by atoms with van der Waals surface area (Å²) < 4.78 is 0. The number of carbonyl (C=O) groups is 1. The molecular formula is C15H15BrClNO2. The summed E-state index contributed by atoms with van der Waals surface area (Å²) in [7, 11) is 0. The third-order valence-corrected chi connectivity index (χ3v) is 3.04. The van der Waals surface area contributed by atoms with Gasteiger partial charge in [-0.2, -0.15) is 0 Å². The number of pyridine rings is 1. The summed E-state index contributed by atoms with van der Waals surface area (Å²) in [6.45, 7) is 1.08. The molecule has 0 aliphatic rings. The average molecular weight is 357 g/mol. The molecule has 106 valence electrons. The molecule has 0 radical (unpaired) electrons. The number of benzene rings is 1. The van der Waals surface area contributed by atoms with Gasteiger partial charge in [0, 0.05) is 35.2 Å². The summed E-state index contributed by atoms with van der Waals surface area (Å²) in [5.41, 5.74) is 3.57. The number of aliphatic carboxylic acids is 1. The lowest BCUT2D eigenvalue weighted by Crippen LogP contribution is -1.91. The van der Waals surface area contributed by atoms with Crippen molar-refractivity contribution in [1.82, 2.24) is 4.98 Å². The molecule has 0 bridgehead atoms. The molecule has 1 aromatic carbocycles. The lowest BCUT2D eigenvalue weighted by atomic mass is 10.00. The van der Waals surface area contributed by atoms with E-state index in [-0.39, 0.29) is 0 Å². The highest BCUT2D eigenvalue weighted by Crippen LogP contribution is 2.27. The van der Waals surface area contributed by atoms with E-state index >= 15 is 0 Å². The lowest BCUT2D eigenvalue weighted by Gasteiger charge is -2.08. The van der Waals surface area contributed by atoms with Crippen molar-refractivity contribution in [3.63, 3.8) is 0 Å². The molecule has 20 heavy (non-hydrogen) atoms. The van der Waals surface area contributed by atoms with Crippen LogP contribution in [0.4, 0.5) is 0 Å². The second-order valence-corrected chi connectivity index (χ2v) is 5.23.